The van der Waals surface area contributed by atoms with Gasteiger partial charge in [-0.15, -0.1) is 0 Å². The molecular weight excluding hydrogens is 378 g/mol. The topological polar surface area (TPSA) is 68.1 Å². The highest BCUT2D eigenvalue weighted by atomic mass is 16.5. The molecule has 0 aliphatic heterocycles. The van der Waals surface area contributed by atoms with Crippen LogP contribution in [0.15, 0.2) is 53.5 Å². The molecule has 1 aliphatic rings. The smallest absolute Gasteiger partial charge is 0.303 e. The molecule has 160 valence electrons. The summed E-state index contributed by atoms with van der Waals surface area (Å²) in [5.41, 5.74) is 3.36. The highest BCUT2D eigenvalue weighted by molar-refractivity contribution is 5.94. The molecule has 2 aromatic carbocycles. The van der Waals surface area contributed by atoms with Crippen LogP contribution in [0.4, 0.5) is 0 Å². The molecule has 5 heteroatoms. The number of rotatable bonds is 10. The lowest BCUT2D eigenvalue weighted by atomic mass is 9.98. The van der Waals surface area contributed by atoms with Crippen LogP contribution in [0.2, 0.25) is 0 Å². The van der Waals surface area contributed by atoms with Gasteiger partial charge in [-0.25, -0.2) is 0 Å². The Hall–Kier alpha value is -2.82. The highest BCUT2D eigenvalue weighted by Gasteiger charge is 2.24. The van der Waals surface area contributed by atoms with Crippen LogP contribution in [-0.4, -0.2) is 36.2 Å². The fraction of sp³-hybridized carbons (Fsp3) is 0.440. The second-order valence-electron chi connectivity index (χ2n) is 7.79. The molecule has 0 amide bonds. The summed E-state index contributed by atoms with van der Waals surface area (Å²) >= 11 is 0. The fourth-order valence-corrected chi connectivity index (χ4v) is 3.68. The summed E-state index contributed by atoms with van der Waals surface area (Å²) in [6.07, 6.45) is 3.87. The first-order chi connectivity index (χ1) is 14.6. The van der Waals surface area contributed by atoms with Gasteiger partial charge >= 0.3 is 5.97 Å². The van der Waals surface area contributed by atoms with Gasteiger partial charge in [0.15, 0.2) is 0 Å². The monoisotopic (exact) mass is 409 g/mol. The van der Waals surface area contributed by atoms with Crippen molar-refractivity contribution in [1.29, 1.82) is 0 Å². The summed E-state index contributed by atoms with van der Waals surface area (Å²) in [6.45, 7) is 5.36. The zero-order valence-corrected chi connectivity index (χ0v) is 17.8. The molecule has 2 atom stereocenters. The van der Waals surface area contributed by atoms with E-state index in [1.54, 1.807) is 0 Å². The Bertz CT molecular complexity index is 863. The van der Waals surface area contributed by atoms with Crippen LogP contribution in [0, 0.1) is 0 Å². The molecule has 0 fully saturated rings. The number of carboxylic acid groups (broad SMARTS) is 1. The third-order valence-corrected chi connectivity index (χ3v) is 5.47. The predicted octanol–water partition coefficient (Wildman–Crippen LogP) is 5.22. The summed E-state index contributed by atoms with van der Waals surface area (Å²) in [6, 6.07) is 16.0. The lowest BCUT2D eigenvalue weighted by molar-refractivity contribution is -0.137. The SMILES string of the molecule is CCC(C)OC(=NCCCOc1ccc2c(c1)CC[C@H]2CC(=O)O)c1ccccc1. The molecule has 0 aromatic heterocycles. The average Bonchev–Trinajstić information content (AvgIpc) is 3.14. The van der Waals surface area contributed by atoms with Crippen molar-refractivity contribution in [2.75, 3.05) is 13.2 Å². The quantitative estimate of drug-likeness (QED) is 0.332. The predicted molar refractivity (Wildman–Crippen MR) is 119 cm³/mol. The minimum Gasteiger partial charge on any atom is -0.494 e. The number of hydrogen-bond acceptors (Lipinski definition) is 4. The van der Waals surface area contributed by atoms with Crippen LogP contribution in [0.1, 0.15) is 62.1 Å². The summed E-state index contributed by atoms with van der Waals surface area (Å²) in [7, 11) is 0. The van der Waals surface area contributed by atoms with E-state index in [0.29, 0.717) is 19.0 Å². The standard InChI is InChI=1S/C25H31NO4/c1-3-18(2)30-25(19-8-5-4-6-9-19)26-14-7-15-29-22-12-13-23-20(16-22)10-11-21(23)17-24(27)28/h4-6,8-9,12-13,16,18,21H,3,7,10-11,14-15,17H2,1-2H3,(H,27,28)/t18?,21-/m0/s1. The summed E-state index contributed by atoms with van der Waals surface area (Å²) in [4.78, 5) is 15.7. The molecule has 2 aromatic rings. The molecule has 30 heavy (non-hydrogen) atoms. The third-order valence-electron chi connectivity index (χ3n) is 5.47. The number of nitrogens with zero attached hydrogens (tertiary/aromatic N) is 1. The minimum atomic E-state index is -0.735. The summed E-state index contributed by atoms with van der Waals surface area (Å²) in [5.74, 6) is 0.920. The molecule has 3 rings (SSSR count). The fourth-order valence-electron chi connectivity index (χ4n) is 3.68. The second-order valence-corrected chi connectivity index (χ2v) is 7.79. The van der Waals surface area contributed by atoms with Crippen LogP contribution in [0.25, 0.3) is 0 Å². The Balaban J connectivity index is 1.52. The third kappa shape index (κ3) is 6.09. The Morgan fingerprint density at radius 3 is 2.77 bits per heavy atom. The lowest BCUT2D eigenvalue weighted by Gasteiger charge is -2.15. The van der Waals surface area contributed by atoms with E-state index in [-0.39, 0.29) is 18.4 Å². The normalized spacial score (nSPS) is 16.7. The number of aliphatic carboxylic acids is 1. The van der Waals surface area contributed by atoms with Gasteiger partial charge in [0.25, 0.3) is 0 Å². The van der Waals surface area contributed by atoms with E-state index in [1.165, 1.54) is 5.56 Å². The Morgan fingerprint density at radius 1 is 1.23 bits per heavy atom. The van der Waals surface area contributed by atoms with Crippen LogP contribution < -0.4 is 4.74 Å². The van der Waals surface area contributed by atoms with Gasteiger partial charge in [-0.05, 0) is 67.5 Å². The Morgan fingerprint density at radius 2 is 2.03 bits per heavy atom. The number of benzene rings is 2. The highest BCUT2D eigenvalue weighted by Crippen LogP contribution is 2.37. The zero-order valence-electron chi connectivity index (χ0n) is 17.8. The second kappa shape index (κ2) is 10.8. The van der Waals surface area contributed by atoms with E-state index in [0.717, 1.165) is 42.6 Å². The molecule has 0 radical (unpaired) electrons. The summed E-state index contributed by atoms with van der Waals surface area (Å²) in [5, 5.41) is 9.05. The number of carbonyl (C=O) groups is 1. The van der Waals surface area contributed by atoms with Crippen molar-refractivity contribution in [3.63, 3.8) is 0 Å². The average molecular weight is 410 g/mol. The van der Waals surface area contributed by atoms with Crippen molar-refractivity contribution in [2.45, 2.75) is 58.0 Å². The van der Waals surface area contributed by atoms with Crippen LogP contribution in [0.3, 0.4) is 0 Å². The molecule has 0 heterocycles. The first-order valence-corrected chi connectivity index (χ1v) is 10.8. The van der Waals surface area contributed by atoms with Crippen molar-refractivity contribution >= 4 is 11.9 Å². The van der Waals surface area contributed by atoms with Gasteiger partial charge in [0, 0.05) is 18.5 Å². The number of carboxylic acids is 1. The Labute approximate surface area is 178 Å². The first-order valence-electron chi connectivity index (χ1n) is 10.8. The van der Waals surface area contributed by atoms with E-state index < -0.39 is 5.97 Å². The number of hydrogen-bond donors (Lipinski definition) is 1. The van der Waals surface area contributed by atoms with Gasteiger partial charge in [-0.1, -0.05) is 31.2 Å². The largest absolute Gasteiger partial charge is 0.494 e. The van der Waals surface area contributed by atoms with E-state index in [2.05, 4.69) is 24.9 Å². The molecule has 0 saturated carbocycles. The van der Waals surface area contributed by atoms with Crippen LogP contribution in [0.5, 0.6) is 5.75 Å². The zero-order chi connectivity index (χ0) is 21.3. The van der Waals surface area contributed by atoms with Gasteiger partial charge in [0.05, 0.1) is 19.1 Å². The van der Waals surface area contributed by atoms with Gasteiger partial charge in [0.2, 0.25) is 5.90 Å². The Kier molecular flexibility index (Phi) is 7.89. The van der Waals surface area contributed by atoms with Gasteiger partial charge in [0.1, 0.15) is 5.75 Å². The van der Waals surface area contributed by atoms with Gasteiger partial charge in [-0.2, -0.15) is 0 Å². The first kappa shape index (κ1) is 21.9. The van der Waals surface area contributed by atoms with E-state index >= 15 is 0 Å². The molecule has 1 aliphatic carbocycles. The van der Waals surface area contributed by atoms with Crippen LogP contribution >= 0.6 is 0 Å². The molecule has 0 spiro atoms. The maximum absolute atomic E-state index is 11.0. The van der Waals surface area contributed by atoms with Crippen molar-refractivity contribution < 1.29 is 19.4 Å². The molecular formula is C25H31NO4. The number of aryl methyl sites for hydroxylation is 1. The number of ether oxygens (including phenoxy) is 2. The molecule has 1 N–H and O–H groups in total. The van der Waals surface area contributed by atoms with E-state index in [9.17, 15) is 4.79 Å². The van der Waals surface area contributed by atoms with Crippen molar-refractivity contribution in [3.8, 4) is 5.75 Å². The molecule has 0 bridgehead atoms. The lowest BCUT2D eigenvalue weighted by Crippen LogP contribution is -2.16. The van der Waals surface area contributed by atoms with Gasteiger partial charge in [-0.3, -0.25) is 9.79 Å². The maximum atomic E-state index is 11.0. The van der Waals surface area contributed by atoms with Crippen molar-refractivity contribution in [3.05, 3.63) is 65.2 Å². The minimum absolute atomic E-state index is 0.122. The molecule has 5 nitrogen and oxygen atoms in total. The number of aliphatic imine (C=N–C) groups is 1. The summed E-state index contributed by atoms with van der Waals surface area (Å²) < 4.78 is 11.9. The molecule has 1 unspecified atom stereocenters. The van der Waals surface area contributed by atoms with E-state index in [1.807, 2.05) is 42.5 Å². The maximum Gasteiger partial charge on any atom is 0.303 e. The van der Waals surface area contributed by atoms with Gasteiger partial charge < -0.3 is 14.6 Å². The van der Waals surface area contributed by atoms with Crippen molar-refractivity contribution in [1.82, 2.24) is 0 Å². The number of fused-ring (bicyclic) bond motifs is 1. The van der Waals surface area contributed by atoms with E-state index in [4.69, 9.17) is 14.6 Å². The van der Waals surface area contributed by atoms with Crippen LogP contribution in [-0.2, 0) is 16.0 Å². The van der Waals surface area contributed by atoms with Crippen molar-refractivity contribution in [2.24, 2.45) is 4.99 Å². The molecule has 0 saturated heterocycles.